The standard InChI is InChI=1S/C28H24Cl2N4O6S/c1-18(35)32-20-4-11-24(12-5-20)41(37,38)34(21-6-8-22(39-2)9-7-21)17-28(36)33-31-16-23-10-14-27(40-23)25-13-3-19(29)15-26(25)30/h3-16H,17H2,1-2H3,(H,32,35)(H,33,36)/b31-16-. The molecule has 13 heteroatoms. The van der Waals surface area contributed by atoms with E-state index in [9.17, 15) is 18.0 Å². The third-order valence-corrected chi connectivity index (χ3v) is 7.95. The van der Waals surface area contributed by atoms with Crippen molar-refractivity contribution in [1.29, 1.82) is 0 Å². The molecule has 41 heavy (non-hydrogen) atoms. The highest BCUT2D eigenvalue weighted by molar-refractivity contribution is 7.92. The van der Waals surface area contributed by atoms with Crippen LogP contribution in [0.2, 0.25) is 10.0 Å². The number of sulfonamides is 1. The Morgan fingerprint density at radius 2 is 1.71 bits per heavy atom. The number of carbonyl (C=O) groups is 2. The molecule has 212 valence electrons. The molecule has 0 unspecified atom stereocenters. The van der Waals surface area contributed by atoms with Crippen LogP contribution in [0.4, 0.5) is 11.4 Å². The highest BCUT2D eigenvalue weighted by Gasteiger charge is 2.27. The van der Waals surface area contributed by atoms with Crippen LogP contribution >= 0.6 is 23.2 Å². The van der Waals surface area contributed by atoms with Crippen molar-refractivity contribution in [1.82, 2.24) is 5.43 Å². The number of hydrazone groups is 1. The first-order chi connectivity index (χ1) is 19.6. The Bertz CT molecular complexity index is 1690. The van der Waals surface area contributed by atoms with Crippen molar-refractivity contribution in [2.45, 2.75) is 11.8 Å². The van der Waals surface area contributed by atoms with E-state index in [4.69, 9.17) is 32.4 Å². The van der Waals surface area contributed by atoms with Gasteiger partial charge < -0.3 is 14.5 Å². The summed E-state index contributed by atoms with van der Waals surface area (Å²) in [6.45, 7) is 0.764. The molecule has 0 fully saturated rings. The predicted molar refractivity (Wildman–Crippen MR) is 158 cm³/mol. The van der Waals surface area contributed by atoms with Gasteiger partial charge in [-0.3, -0.25) is 13.9 Å². The van der Waals surface area contributed by atoms with Gasteiger partial charge in [0.15, 0.2) is 0 Å². The number of furan rings is 1. The van der Waals surface area contributed by atoms with E-state index >= 15 is 0 Å². The molecular formula is C28H24Cl2N4O6S. The molecule has 0 spiro atoms. The number of ether oxygens (including phenoxy) is 1. The topological polar surface area (TPSA) is 130 Å². The van der Waals surface area contributed by atoms with E-state index in [2.05, 4.69) is 15.8 Å². The fourth-order valence-corrected chi connectivity index (χ4v) is 5.62. The second-order valence-corrected chi connectivity index (χ2v) is 11.2. The van der Waals surface area contributed by atoms with Crippen LogP contribution in [0.15, 0.2) is 93.3 Å². The summed E-state index contributed by atoms with van der Waals surface area (Å²) in [6, 6.07) is 20.1. The number of carbonyl (C=O) groups excluding carboxylic acids is 2. The molecule has 1 heterocycles. The highest BCUT2D eigenvalue weighted by Crippen LogP contribution is 2.31. The quantitative estimate of drug-likeness (QED) is 0.177. The molecule has 0 saturated heterocycles. The summed E-state index contributed by atoms with van der Waals surface area (Å²) in [4.78, 5) is 24.1. The van der Waals surface area contributed by atoms with Crippen LogP contribution in [-0.2, 0) is 19.6 Å². The zero-order valence-corrected chi connectivity index (χ0v) is 24.1. The van der Waals surface area contributed by atoms with E-state index < -0.39 is 22.5 Å². The molecule has 0 atom stereocenters. The molecule has 10 nitrogen and oxygen atoms in total. The SMILES string of the molecule is COc1ccc(N(CC(=O)N/N=C\c2ccc(-c3ccc(Cl)cc3Cl)o2)S(=O)(=O)c2ccc(NC(C)=O)cc2)cc1. The molecule has 4 aromatic rings. The number of nitrogens with zero attached hydrogens (tertiary/aromatic N) is 2. The zero-order valence-electron chi connectivity index (χ0n) is 21.8. The van der Waals surface area contributed by atoms with Gasteiger partial charge in [-0.2, -0.15) is 5.10 Å². The first kappa shape index (κ1) is 29.7. The van der Waals surface area contributed by atoms with Crippen LogP contribution < -0.4 is 19.8 Å². The minimum absolute atomic E-state index is 0.0808. The van der Waals surface area contributed by atoms with Gasteiger partial charge in [-0.1, -0.05) is 23.2 Å². The van der Waals surface area contributed by atoms with Crippen molar-refractivity contribution in [2.24, 2.45) is 5.10 Å². The molecule has 0 aliphatic carbocycles. The summed E-state index contributed by atoms with van der Waals surface area (Å²) in [7, 11) is -2.72. The Kier molecular flexibility index (Phi) is 9.33. The first-order valence-electron chi connectivity index (χ1n) is 12.0. The number of hydrogen-bond donors (Lipinski definition) is 2. The van der Waals surface area contributed by atoms with E-state index in [-0.39, 0.29) is 16.5 Å². The van der Waals surface area contributed by atoms with Crippen LogP contribution in [0.3, 0.4) is 0 Å². The maximum Gasteiger partial charge on any atom is 0.264 e. The normalized spacial score (nSPS) is 11.3. The van der Waals surface area contributed by atoms with Crippen molar-refractivity contribution in [3.8, 4) is 17.1 Å². The van der Waals surface area contributed by atoms with E-state index in [0.717, 1.165) is 4.31 Å². The second-order valence-electron chi connectivity index (χ2n) is 8.53. The van der Waals surface area contributed by atoms with Crippen LogP contribution in [0.5, 0.6) is 5.75 Å². The van der Waals surface area contributed by atoms with Gasteiger partial charge in [0.25, 0.3) is 15.9 Å². The maximum atomic E-state index is 13.6. The van der Waals surface area contributed by atoms with E-state index in [1.807, 2.05) is 0 Å². The maximum absolute atomic E-state index is 13.6. The zero-order chi connectivity index (χ0) is 29.6. The monoisotopic (exact) mass is 614 g/mol. The summed E-state index contributed by atoms with van der Waals surface area (Å²) in [5, 5.41) is 7.38. The number of benzene rings is 3. The van der Waals surface area contributed by atoms with Crippen molar-refractivity contribution in [3.63, 3.8) is 0 Å². The predicted octanol–water partition coefficient (Wildman–Crippen LogP) is 5.57. The molecule has 2 N–H and O–H groups in total. The lowest BCUT2D eigenvalue weighted by molar-refractivity contribution is -0.119. The van der Waals surface area contributed by atoms with Crippen molar-refractivity contribution in [3.05, 3.63) is 94.7 Å². The van der Waals surface area contributed by atoms with Gasteiger partial charge in [0.2, 0.25) is 5.91 Å². The average molecular weight is 615 g/mol. The molecule has 1 aromatic heterocycles. The minimum atomic E-state index is -4.20. The molecule has 0 radical (unpaired) electrons. The Morgan fingerprint density at radius 1 is 1.00 bits per heavy atom. The van der Waals surface area contributed by atoms with Crippen molar-refractivity contribution in [2.75, 3.05) is 23.3 Å². The first-order valence-corrected chi connectivity index (χ1v) is 14.2. The van der Waals surface area contributed by atoms with E-state index in [1.165, 1.54) is 56.6 Å². The number of rotatable bonds is 10. The van der Waals surface area contributed by atoms with E-state index in [0.29, 0.717) is 38.6 Å². The van der Waals surface area contributed by atoms with Crippen LogP contribution in [0.1, 0.15) is 12.7 Å². The van der Waals surface area contributed by atoms with E-state index in [1.54, 1.807) is 42.5 Å². The molecule has 3 aromatic carbocycles. The Morgan fingerprint density at radius 3 is 2.34 bits per heavy atom. The van der Waals surface area contributed by atoms with Crippen molar-refractivity contribution < 1.29 is 27.2 Å². The number of halogens is 2. The average Bonchev–Trinajstić information content (AvgIpc) is 3.40. The second kappa shape index (κ2) is 12.9. The number of anilines is 2. The largest absolute Gasteiger partial charge is 0.497 e. The van der Waals surface area contributed by atoms with Gasteiger partial charge >= 0.3 is 0 Å². The Hall–Kier alpha value is -4.32. The lowest BCUT2D eigenvalue weighted by Crippen LogP contribution is -2.39. The molecule has 0 bridgehead atoms. The number of nitrogens with one attached hydrogen (secondary N) is 2. The van der Waals surface area contributed by atoms with Gasteiger partial charge in [0, 0.05) is 23.2 Å². The fourth-order valence-electron chi connectivity index (χ4n) is 3.69. The lowest BCUT2D eigenvalue weighted by atomic mass is 10.2. The molecule has 0 aliphatic heterocycles. The fraction of sp³-hybridized carbons (Fsp3) is 0.107. The molecule has 2 amide bonds. The lowest BCUT2D eigenvalue weighted by Gasteiger charge is -2.24. The Balaban J connectivity index is 1.51. The summed E-state index contributed by atoms with van der Waals surface area (Å²) in [5.41, 5.74) is 3.61. The van der Waals surface area contributed by atoms with Crippen molar-refractivity contribution >= 4 is 62.6 Å². The van der Waals surface area contributed by atoms with Gasteiger partial charge in [-0.05, 0) is 78.9 Å². The van der Waals surface area contributed by atoms with Gasteiger partial charge in [0.05, 0.1) is 28.9 Å². The number of hydrogen-bond acceptors (Lipinski definition) is 7. The summed E-state index contributed by atoms with van der Waals surface area (Å²) in [5.74, 6) is 0.309. The molecule has 4 rings (SSSR count). The summed E-state index contributed by atoms with van der Waals surface area (Å²) < 4.78 is 39.0. The third kappa shape index (κ3) is 7.46. The smallest absolute Gasteiger partial charge is 0.264 e. The van der Waals surface area contributed by atoms with Gasteiger partial charge in [0.1, 0.15) is 23.8 Å². The number of amides is 2. The Labute approximate surface area is 246 Å². The van der Waals surface area contributed by atoms with Crippen LogP contribution in [-0.4, -0.2) is 40.1 Å². The van der Waals surface area contributed by atoms with Gasteiger partial charge in [-0.25, -0.2) is 13.8 Å². The third-order valence-electron chi connectivity index (χ3n) is 5.61. The van der Waals surface area contributed by atoms with Crippen LogP contribution in [0, 0.1) is 0 Å². The molecule has 0 saturated carbocycles. The minimum Gasteiger partial charge on any atom is -0.497 e. The highest BCUT2D eigenvalue weighted by atomic mass is 35.5. The summed E-state index contributed by atoms with van der Waals surface area (Å²) >= 11 is 12.2. The molecular weight excluding hydrogens is 591 g/mol. The van der Waals surface area contributed by atoms with Crippen LogP contribution in [0.25, 0.3) is 11.3 Å². The molecule has 0 aliphatic rings. The summed E-state index contributed by atoms with van der Waals surface area (Å²) in [6.07, 6.45) is 1.28. The van der Waals surface area contributed by atoms with Gasteiger partial charge in [-0.15, -0.1) is 0 Å². The number of methoxy groups -OCH3 is 1.